The molecule has 0 N–H and O–H groups in total. The Kier molecular flexibility index (Phi) is 8.29. The highest BCUT2D eigenvalue weighted by molar-refractivity contribution is 7.22. The molecule has 0 aliphatic rings. The maximum Gasteiger partial charge on any atom is 0.266 e. The number of fused-ring (bicyclic) bond motifs is 1. The van der Waals surface area contributed by atoms with E-state index in [1.54, 1.807) is 0 Å². The molecule has 3 rings (SSSR count). The molecule has 0 aliphatic carbocycles. The predicted molar refractivity (Wildman–Crippen MR) is 122 cm³/mol. The smallest absolute Gasteiger partial charge is 0.266 e. The van der Waals surface area contributed by atoms with Crippen LogP contribution in [-0.4, -0.2) is 42.0 Å². The normalized spacial score (nSPS) is 11.0. The number of carbonyl (C=O) groups excluding carboxylic acids is 1. The van der Waals surface area contributed by atoms with E-state index in [2.05, 4.69) is 9.88 Å². The number of aromatic nitrogens is 1. The highest BCUT2D eigenvalue weighted by atomic mass is 35.5. The Bertz CT molecular complexity index is 1020. The van der Waals surface area contributed by atoms with Gasteiger partial charge in [0.25, 0.3) is 5.91 Å². The number of likely N-dealkylation sites (N-methyl/N-ethyl adjacent to an activating group) is 1. The molecule has 162 valence electrons. The summed E-state index contributed by atoms with van der Waals surface area (Å²) in [5.74, 6) is -2.44. The third kappa shape index (κ3) is 4.79. The van der Waals surface area contributed by atoms with Gasteiger partial charge in [-0.3, -0.25) is 9.69 Å². The maximum absolute atomic E-state index is 14.3. The Morgan fingerprint density at radius 1 is 1.03 bits per heavy atom. The number of halogens is 3. The van der Waals surface area contributed by atoms with Crippen LogP contribution in [-0.2, 0) is 0 Å². The molecule has 0 aliphatic heterocycles. The Hall–Kier alpha value is -2.09. The van der Waals surface area contributed by atoms with Gasteiger partial charge in [0.15, 0.2) is 5.13 Å². The molecule has 1 heterocycles. The molecule has 0 bridgehead atoms. The first-order chi connectivity index (χ1) is 13.9. The number of nitrogens with zero attached hydrogens (tertiary/aromatic N) is 3. The van der Waals surface area contributed by atoms with Gasteiger partial charge in [-0.2, -0.15) is 0 Å². The summed E-state index contributed by atoms with van der Waals surface area (Å²) in [7, 11) is 0. The average molecular weight is 454 g/mol. The fraction of sp³-hybridized carbons (Fsp3) is 0.364. The molecular weight excluding hydrogens is 428 g/mol. The van der Waals surface area contributed by atoms with Crippen LogP contribution in [0.5, 0.6) is 0 Å². The zero-order valence-electron chi connectivity index (χ0n) is 17.5. The summed E-state index contributed by atoms with van der Waals surface area (Å²) in [5.41, 5.74) is 2.42. The summed E-state index contributed by atoms with van der Waals surface area (Å²) < 4.78 is 29.6. The summed E-state index contributed by atoms with van der Waals surface area (Å²) in [6, 6.07) is 7.44. The second-order valence-corrected chi connectivity index (χ2v) is 7.94. The van der Waals surface area contributed by atoms with Crippen LogP contribution in [0.3, 0.4) is 0 Å². The highest BCUT2D eigenvalue weighted by Gasteiger charge is 2.27. The van der Waals surface area contributed by atoms with Crippen LogP contribution < -0.4 is 4.90 Å². The number of hydrogen-bond donors (Lipinski definition) is 0. The first kappa shape index (κ1) is 24.2. The van der Waals surface area contributed by atoms with Crippen molar-refractivity contribution in [3.63, 3.8) is 0 Å². The summed E-state index contributed by atoms with van der Waals surface area (Å²) in [5, 5.41) is 0.452. The largest absolute Gasteiger partial charge is 0.302 e. The van der Waals surface area contributed by atoms with E-state index in [4.69, 9.17) is 0 Å². The minimum atomic E-state index is -0.865. The van der Waals surface area contributed by atoms with Crippen LogP contribution in [0.15, 0.2) is 30.3 Å². The molecule has 8 heteroatoms. The van der Waals surface area contributed by atoms with Crippen molar-refractivity contribution < 1.29 is 13.6 Å². The van der Waals surface area contributed by atoms with Crippen molar-refractivity contribution >= 4 is 45.0 Å². The molecule has 0 atom stereocenters. The lowest BCUT2D eigenvalue weighted by Crippen LogP contribution is -2.39. The molecule has 1 amide bonds. The van der Waals surface area contributed by atoms with Gasteiger partial charge in [0, 0.05) is 13.1 Å². The summed E-state index contributed by atoms with van der Waals surface area (Å²) >= 11 is 1.36. The van der Waals surface area contributed by atoms with Gasteiger partial charge >= 0.3 is 0 Å². The third-order valence-corrected chi connectivity index (χ3v) is 6.30. The van der Waals surface area contributed by atoms with Crippen molar-refractivity contribution in [2.75, 3.05) is 31.1 Å². The number of thiazole rings is 1. The van der Waals surface area contributed by atoms with E-state index in [-0.39, 0.29) is 12.4 Å². The lowest BCUT2D eigenvalue weighted by Gasteiger charge is -2.25. The van der Waals surface area contributed by atoms with Crippen molar-refractivity contribution in [3.05, 3.63) is 58.7 Å². The van der Waals surface area contributed by atoms with E-state index in [0.29, 0.717) is 18.2 Å². The molecule has 30 heavy (non-hydrogen) atoms. The van der Waals surface area contributed by atoms with Gasteiger partial charge in [-0.25, -0.2) is 13.8 Å². The Morgan fingerprint density at radius 3 is 2.27 bits per heavy atom. The Morgan fingerprint density at radius 2 is 1.67 bits per heavy atom. The van der Waals surface area contributed by atoms with Crippen molar-refractivity contribution in [2.24, 2.45) is 0 Å². The Balaban J connectivity index is 0.00000320. The molecule has 0 spiro atoms. The lowest BCUT2D eigenvalue weighted by molar-refractivity contribution is 0.0975. The minimum absolute atomic E-state index is 0. The number of benzene rings is 2. The first-order valence-electron chi connectivity index (χ1n) is 9.72. The fourth-order valence-electron chi connectivity index (χ4n) is 3.23. The first-order valence-corrected chi connectivity index (χ1v) is 10.5. The van der Waals surface area contributed by atoms with Crippen molar-refractivity contribution in [1.82, 2.24) is 9.88 Å². The van der Waals surface area contributed by atoms with Crippen LogP contribution in [0.25, 0.3) is 10.2 Å². The number of anilines is 1. The van der Waals surface area contributed by atoms with E-state index >= 15 is 0 Å². The van der Waals surface area contributed by atoms with Crippen LogP contribution in [0.4, 0.5) is 13.9 Å². The number of amides is 1. The fourth-order valence-corrected chi connectivity index (χ4v) is 4.28. The van der Waals surface area contributed by atoms with Crippen LogP contribution in [0, 0.1) is 25.5 Å². The third-order valence-electron chi connectivity index (χ3n) is 5.26. The second kappa shape index (κ2) is 10.3. The molecule has 0 fully saturated rings. The van der Waals surface area contributed by atoms with E-state index in [9.17, 15) is 13.6 Å². The van der Waals surface area contributed by atoms with Crippen LogP contribution in [0.1, 0.15) is 35.3 Å². The average Bonchev–Trinajstić information content (AvgIpc) is 3.12. The van der Waals surface area contributed by atoms with Gasteiger partial charge in [-0.05, 0) is 56.3 Å². The monoisotopic (exact) mass is 453 g/mol. The Labute approximate surface area is 185 Å². The van der Waals surface area contributed by atoms with Gasteiger partial charge in [-0.15, -0.1) is 12.4 Å². The van der Waals surface area contributed by atoms with Crippen LogP contribution >= 0.6 is 23.7 Å². The van der Waals surface area contributed by atoms with Crippen molar-refractivity contribution in [2.45, 2.75) is 27.7 Å². The number of hydrogen-bond acceptors (Lipinski definition) is 4. The van der Waals surface area contributed by atoms with Gasteiger partial charge in [0.2, 0.25) is 0 Å². The molecule has 2 aromatic carbocycles. The topological polar surface area (TPSA) is 36.4 Å². The number of aryl methyl sites for hydroxylation is 2. The van der Waals surface area contributed by atoms with Gasteiger partial charge in [0.1, 0.15) is 17.2 Å². The van der Waals surface area contributed by atoms with Crippen LogP contribution in [0.2, 0.25) is 0 Å². The van der Waals surface area contributed by atoms with Crippen molar-refractivity contribution in [1.29, 1.82) is 0 Å². The van der Waals surface area contributed by atoms with Gasteiger partial charge in [0.05, 0.1) is 10.2 Å². The zero-order valence-corrected chi connectivity index (χ0v) is 19.2. The molecule has 0 saturated carbocycles. The summed E-state index contributed by atoms with van der Waals surface area (Å²) in [6.45, 7) is 10.6. The predicted octanol–water partition coefficient (Wildman–Crippen LogP) is 5.60. The molecular formula is C22H26ClF2N3OS. The number of rotatable bonds is 7. The molecule has 4 nitrogen and oxygen atoms in total. The SMILES string of the molecule is CCN(CC)CCN(C(=O)c1c(F)cccc1F)c1nc2c(C)c(C)ccc2s1.Cl. The molecule has 0 saturated heterocycles. The van der Waals surface area contributed by atoms with Gasteiger partial charge in [-0.1, -0.05) is 37.3 Å². The van der Waals surface area contributed by atoms with E-state index in [0.717, 1.165) is 46.6 Å². The quantitative estimate of drug-likeness (QED) is 0.467. The van der Waals surface area contributed by atoms with E-state index < -0.39 is 23.1 Å². The van der Waals surface area contributed by atoms with Crippen molar-refractivity contribution in [3.8, 4) is 0 Å². The lowest BCUT2D eigenvalue weighted by atomic mass is 10.1. The van der Waals surface area contributed by atoms with Gasteiger partial charge < -0.3 is 4.90 Å². The second-order valence-electron chi connectivity index (χ2n) is 6.93. The molecule has 0 radical (unpaired) electrons. The maximum atomic E-state index is 14.3. The van der Waals surface area contributed by atoms with E-state index in [1.807, 2.05) is 39.8 Å². The number of carbonyl (C=O) groups is 1. The molecule has 0 unspecified atom stereocenters. The molecule has 3 aromatic rings. The molecule has 1 aromatic heterocycles. The minimum Gasteiger partial charge on any atom is -0.302 e. The standard InChI is InChI=1S/C22H25F2N3OS.ClH/c1-5-26(6-2)12-13-27(21(28)19-16(23)8-7-9-17(19)24)22-25-20-15(4)14(3)10-11-18(20)29-22;/h7-11H,5-6,12-13H2,1-4H3;1H. The summed E-state index contributed by atoms with van der Waals surface area (Å²) in [6.07, 6.45) is 0. The summed E-state index contributed by atoms with van der Waals surface area (Å²) in [4.78, 5) is 21.4. The van der Waals surface area contributed by atoms with E-state index in [1.165, 1.54) is 22.3 Å². The zero-order chi connectivity index (χ0) is 21.1. The highest BCUT2D eigenvalue weighted by Crippen LogP contribution is 2.33.